The van der Waals surface area contributed by atoms with Gasteiger partial charge in [0.1, 0.15) is 0 Å². The van der Waals surface area contributed by atoms with Gasteiger partial charge in [-0.3, -0.25) is 0 Å². The number of nitrogens with one attached hydrogen (secondary N) is 1. The minimum atomic E-state index is -0.275. The molecule has 118 valence electrons. The molecular formula is C17H27FN2O. The lowest BCUT2D eigenvalue weighted by Gasteiger charge is -2.44. The number of piperidine rings is 1. The van der Waals surface area contributed by atoms with Gasteiger partial charge in [-0.25, -0.2) is 4.39 Å². The number of nitrogens with zero attached hydrogens (tertiary/aromatic N) is 1. The predicted molar refractivity (Wildman–Crippen MR) is 85.6 cm³/mol. The van der Waals surface area contributed by atoms with E-state index >= 15 is 0 Å². The number of hydrogen-bond acceptors (Lipinski definition) is 3. The van der Waals surface area contributed by atoms with Crippen molar-refractivity contribution in [2.75, 3.05) is 24.6 Å². The molecule has 3 atom stereocenters. The largest absolute Gasteiger partial charge is 0.491 e. The summed E-state index contributed by atoms with van der Waals surface area (Å²) >= 11 is 0. The fourth-order valence-electron chi connectivity index (χ4n) is 3.22. The van der Waals surface area contributed by atoms with E-state index < -0.39 is 0 Å². The Bertz CT molecular complexity index is 466. The van der Waals surface area contributed by atoms with Crippen LogP contribution in [-0.4, -0.2) is 31.8 Å². The van der Waals surface area contributed by atoms with Crippen molar-refractivity contribution in [3.8, 4) is 5.75 Å². The Morgan fingerprint density at radius 1 is 1.33 bits per heavy atom. The van der Waals surface area contributed by atoms with E-state index in [1.807, 2.05) is 13.0 Å². The van der Waals surface area contributed by atoms with Crippen LogP contribution in [0.5, 0.6) is 5.75 Å². The van der Waals surface area contributed by atoms with Crippen LogP contribution in [0.25, 0.3) is 0 Å². The number of anilines is 1. The highest BCUT2D eigenvalue weighted by Gasteiger charge is 2.32. The van der Waals surface area contributed by atoms with Gasteiger partial charge in [-0.05, 0) is 44.9 Å². The summed E-state index contributed by atoms with van der Waals surface area (Å²) in [4.78, 5) is 2.30. The molecule has 1 heterocycles. The molecule has 1 aliphatic heterocycles. The van der Waals surface area contributed by atoms with E-state index in [9.17, 15) is 4.39 Å². The summed E-state index contributed by atoms with van der Waals surface area (Å²) in [6.45, 7) is 10.9. The lowest BCUT2D eigenvalue weighted by atomic mass is 9.86. The quantitative estimate of drug-likeness (QED) is 0.900. The van der Waals surface area contributed by atoms with E-state index in [1.54, 1.807) is 12.1 Å². The smallest absolute Gasteiger partial charge is 0.167 e. The summed E-state index contributed by atoms with van der Waals surface area (Å²) in [7, 11) is 0. The lowest BCUT2D eigenvalue weighted by Crippen LogP contribution is -2.53. The predicted octanol–water partition coefficient (Wildman–Crippen LogP) is 3.44. The van der Waals surface area contributed by atoms with Gasteiger partial charge in [0.05, 0.1) is 6.61 Å². The molecular weight excluding hydrogens is 267 g/mol. The Hall–Kier alpha value is -1.29. The van der Waals surface area contributed by atoms with Crippen LogP contribution in [0.3, 0.4) is 0 Å². The Balaban J connectivity index is 2.13. The van der Waals surface area contributed by atoms with Crippen LogP contribution in [-0.2, 0) is 0 Å². The van der Waals surface area contributed by atoms with Gasteiger partial charge in [0.25, 0.3) is 0 Å². The van der Waals surface area contributed by atoms with E-state index in [-0.39, 0.29) is 5.82 Å². The van der Waals surface area contributed by atoms with Gasteiger partial charge in [0, 0.05) is 30.4 Å². The highest BCUT2D eigenvalue weighted by atomic mass is 19.1. The van der Waals surface area contributed by atoms with Crippen LogP contribution in [0, 0.1) is 11.7 Å². The molecule has 0 aromatic heterocycles. The topological polar surface area (TPSA) is 24.5 Å². The van der Waals surface area contributed by atoms with E-state index in [4.69, 9.17) is 4.74 Å². The first-order valence-electron chi connectivity index (χ1n) is 8.00. The molecule has 0 aliphatic carbocycles. The molecule has 1 aliphatic rings. The van der Waals surface area contributed by atoms with Gasteiger partial charge >= 0.3 is 0 Å². The first-order valence-corrected chi connectivity index (χ1v) is 8.00. The minimum absolute atomic E-state index is 0.275. The molecule has 1 N–H and O–H groups in total. The van der Waals surface area contributed by atoms with Crippen molar-refractivity contribution in [1.29, 1.82) is 0 Å². The summed E-state index contributed by atoms with van der Waals surface area (Å²) in [6.07, 6.45) is 1.09. The summed E-state index contributed by atoms with van der Waals surface area (Å²) < 4.78 is 19.3. The normalized spacial score (nSPS) is 26.0. The third-order valence-corrected chi connectivity index (χ3v) is 4.58. The number of rotatable bonds is 5. The molecule has 1 aromatic carbocycles. The zero-order valence-corrected chi connectivity index (χ0v) is 13.5. The molecule has 1 fully saturated rings. The summed E-state index contributed by atoms with van der Waals surface area (Å²) in [5.74, 6) is 0.598. The highest BCUT2D eigenvalue weighted by Crippen LogP contribution is 2.31. The van der Waals surface area contributed by atoms with Crippen molar-refractivity contribution in [2.45, 2.75) is 46.2 Å². The van der Waals surface area contributed by atoms with Crippen molar-refractivity contribution >= 4 is 5.69 Å². The zero-order chi connectivity index (χ0) is 15.4. The van der Waals surface area contributed by atoms with Crippen molar-refractivity contribution in [3.63, 3.8) is 0 Å². The summed E-state index contributed by atoms with van der Waals surface area (Å²) in [6, 6.07) is 6.24. The second kappa shape index (κ2) is 7.12. The molecule has 0 bridgehead atoms. The third kappa shape index (κ3) is 3.49. The van der Waals surface area contributed by atoms with Crippen molar-refractivity contribution in [1.82, 2.24) is 5.32 Å². The Morgan fingerprint density at radius 2 is 2.10 bits per heavy atom. The standard InChI is InChI=1S/C17H27FN2O/c1-5-19-16-9-10-20(13(4)12(16)3)14-7-8-17(21-6-2)15(18)11-14/h7-8,11-13,16,19H,5-6,9-10H2,1-4H3. The maximum absolute atomic E-state index is 14.0. The average Bonchev–Trinajstić information content (AvgIpc) is 2.47. The monoisotopic (exact) mass is 294 g/mol. The number of ether oxygens (including phenoxy) is 1. The Kier molecular flexibility index (Phi) is 5.45. The highest BCUT2D eigenvalue weighted by molar-refractivity contribution is 5.51. The molecule has 0 spiro atoms. The fraction of sp³-hybridized carbons (Fsp3) is 0.647. The third-order valence-electron chi connectivity index (χ3n) is 4.58. The van der Waals surface area contributed by atoms with Crippen LogP contribution >= 0.6 is 0 Å². The van der Waals surface area contributed by atoms with Crippen LogP contribution in [0.2, 0.25) is 0 Å². The average molecular weight is 294 g/mol. The first-order chi connectivity index (χ1) is 10.1. The number of benzene rings is 1. The molecule has 1 aromatic rings. The van der Waals surface area contributed by atoms with Gasteiger partial charge in [-0.1, -0.05) is 13.8 Å². The maximum atomic E-state index is 14.0. The molecule has 3 nitrogen and oxygen atoms in total. The maximum Gasteiger partial charge on any atom is 0.167 e. The number of halogens is 1. The van der Waals surface area contributed by atoms with E-state index in [0.29, 0.717) is 30.4 Å². The molecule has 1 saturated heterocycles. The molecule has 0 amide bonds. The lowest BCUT2D eigenvalue weighted by molar-refractivity contribution is 0.274. The van der Waals surface area contributed by atoms with Crippen LogP contribution in [0.1, 0.15) is 34.1 Å². The molecule has 0 saturated carbocycles. The van der Waals surface area contributed by atoms with Gasteiger partial charge < -0.3 is 15.0 Å². The van der Waals surface area contributed by atoms with Crippen LogP contribution in [0.15, 0.2) is 18.2 Å². The van der Waals surface area contributed by atoms with E-state index in [2.05, 4.69) is 31.0 Å². The second-order valence-corrected chi connectivity index (χ2v) is 5.79. The Morgan fingerprint density at radius 3 is 2.71 bits per heavy atom. The fourth-order valence-corrected chi connectivity index (χ4v) is 3.22. The van der Waals surface area contributed by atoms with Gasteiger partial charge in [0.15, 0.2) is 11.6 Å². The van der Waals surface area contributed by atoms with Crippen LogP contribution < -0.4 is 15.0 Å². The molecule has 2 rings (SSSR count). The minimum Gasteiger partial charge on any atom is -0.491 e. The molecule has 4 heteroatoms. The number of hydrogen-bond donors (Lipinski definition) is 1. The van der Waals surface area contributed by atoms with Crippen molar-refractivity contribution in [2.24, 2.45) is 5.92 Å². The van der Waals surface area contributed by atoms with Crippen LogP contribution in [0.4, 0.5) is 10.1 Å². The molecule has 21 heavy (non-hydrogen) atoms. The SMILES string of the molecule is CCNC1CCN(c2ccc(OCC)c(F)c2)C(C)C1C. The van der Waals surface area contributed by atoms with E-state index in [0.717, 1.165) is 25.2 Å². The summed E-state index contributed by atoms with van der Waals surface area (Å²) in [5, 5.41) is 3.55. The zero-order valence-electron chi connectivity index (χ0n) is 13.5. The molecule has 3 unspecified atom stereocenters. The van der Waals surface area contributed by atoms with Gasteiger partial charge in [-0.15, -0.1) is 0 Å². The van der Waals surface area contributed by atoms with Crippen molar-refractivity contribution < 1.29 is 9.13 Å². The summed E-state index contributed by atoms with van der Waals surface area (Å²) in [5.41, 5.74) is 0.949. The van der Waals surface area contributed by atoms with Crippen molar-refractivity contribution in [3.05, 3.63) is 24.0 Å². The molecule has 0 radical (unpaired) electrons. The second-order valence-electron chi connectivity index (χ2n) is 5.79. The first kappa shape index (κ1) is 16.1. The van der Waals surface area contributed by atoms with Gasteiger partial charge in [-0.2, -0.15) is 0 Å². The van der Waals surface area contributed by atoms with Gasteiger partial charge in [0.2, 0.25) is 0 Å². The van der Waals surface area contributed by atoms with E-state index in [1.165, 1.54) is 0 Å². The Labute approximate surface area is 127 Å².